The summed E-state index contributed by atoms with van der Waals surface area (Å²) < 4.78 is 79.4. The van der Waals surface area contributed by atoms with Crippen LogP contribution in [0.15, 0.2) is 23.2 Å². The zero-order valence-electron chi connectivity index (χ0n) is 23.4. The lowest BCUT2D eigenvalue weighted by atomic mass is 9.84. The molecule has 0 saturated carbocycles. The molecule has 5 rings (SSSR count). The van der Waals surface area contributed by atoms with Crippen LogP contribution in [0.3, 0.4) is 0 Å². The van der Waals surface area contributed by atoms with Crippen LogP contribution >= 0.6 is 0 Å². The first-order valence-corrected chi connectivity index (χ1v) is 13.5. The van der Waals surface area contributed by atoms with Gasteiger partial charge in [-0.25, -0.2) is 10.3 Å². The molecule has 0 aliphatic carbocycles. The van der Waals surface area contributed by atoms with Crippen molar-refractivity contribution < 1.29 is 55.9 Å². The molecule has 1 aromatic carbocycles. The minimum atomic E-state index is -5.13. The van der Waals surface area contributed by atoms with Gasteiger partial charge in [0, 0.05) is 12.8 Å². The number of carbonyl (C=O) groups is 3. The third kappa shape index (κ3) is 5.49. The minimum absolute atomic E-state index is 0.0129. The van der Waals surface area contributed by atoms with E-state index in [0.29, 0.717) is 12.1 Å². The van der Waals surface area contributed by atoms with Crippen molar-refractivity contribution in [3.05, 3.63) is 34.9 Å². The van der Waals surface area contributed by atoms with Gasteiger partial charge in [0.15, 0.2) is 12.0 Å². The van der Waals surface area contributed by atoms with E-state index < -0.39 is 89.3 Å². The van der Waals surface area contributed by atoms with Crippen molar-refractivity contribution in [1.29, 1.82) is 0 Å². The van der Waals surface area contributed by atoms with E-state index >= 15 is 0 Å². The first-order valence-electron chi connectivity index (χ1n) is 13.5. The summed E-state index contributed by atoms with van der Waals surface area (Å²) in [5, 5.41) is 27.8. The van der Waals surface area contributed by atoms with Crippen molar-refractivity contribution in [3.8, 4) is 0 Å². The second-order valence-corrected chi connectivity index (χ2v) is 10.4. The molecule has 19 heteroatoms. The number of hydrogen-bond acceptors (Lipinski definition) is 10. The summed E-state index contributed by atoms with van der Waals surface area (Å²) in [7, 11) is 0. The number of amides is 3. The van der Waals surface area contributed by atoms with E-state index in [1.54, 1.807) is 0 Å². The summed E-state index contributed by atoms with van der Waals surface area (Å²) >= 11 is 0. The van der Waals surface area contributed by atoms with Crippen LogP contribution in [0, 0.1) is 0 Å². The van der Waals surface area contributed by atoms with Crippen molar-refractivity contribution in [1.82, 2.24) is 20.4 Å². The maximum Gasteiger partial charge on any atom is 0.416 e. The molecule has 44 heavy (non-hydrogen) atoms. The maximum atomic E-state index is 13.2. The van der Waals surface area contributed by atoms with E-state index in [4.69, 9.17) is 11.5 Å². The number of rotatable bonds is 5. The molecule has 2 fully saturated rings. The molecule has 4 aliphatic rings. The monoisotopic (exact) mass is 637 g/mol. The number of nitrogens with one attached hydrogen (secondary N) is 3. The summed E-state index contributed by atoms with van der Waals surface area (Å²) in [5.74, 6) is -5.45. The van der Waals surface area contributed by atoms with E-state index in [-0.39, 0.29) is 37.4 Å². The molecule has 242 valence electrons. The largest absolute Gasteiger partial charge is 0.416 e. The Labute approximate surface area is 246 Å². The smallest absolute Gasteiger partial charge is 0.370 e. The number of likely N-dealkylation sites (tertiary alicyclic amines) is 1. The van der Waals surface area contributed by atoms with Gasteiger partial charge in [-0.3, -0.25) is 34.9 Å². The first kappa shape index (κ1) is 32.8. The molecule has 4 atom stereocenters. The molecule has 0 bridgehead atoms. The van der Waals surface area contributed by atoms with Gasteiger partial charge in [0.1, 0.15) is 12.1 Å². The minimum Gasteiger partial charge on any atom is -0.370 e. The normalized spacial score (nSPS) is 27.5. The number of nitrogens with two attached hydrogens (primary N) is 2. The third-order valence-electron chi connectivity index (χ3n) is 7.76. The fourth-order valence-corrected chi connectivity index (χ4v) is 5.89. The predicted octanol–water partition coefficient (Wildman–Crippen LogP) is -2.32. The summed E-state index contributed by atoms with van der Waals surface area (Å²) in [6.45, 7) is 3.28. The second kappa shape index (κ2) is 11.1. The van der Waals surface area contributed by atoms with Crippen molar-refractivity contribution in [3.63, 3.8) is 0 Å². The molecule has 4 heterocycles. The van der Waals surface area contributed by atoms with E-state index in [1.165, 1.54) is 4.90 Å². The fraction of sp³-hybridized carbons (Fsp3) is 0.560. The number of hydrogen-bond donors (Lipinski definition) is 7. The Kier molecular flexibility index (Phi) is 8.27. The maximum absolute atomic E-state index is 13.2. The van der Waals surface area contributed by atoms with E-state index in [1.807, 2.05) is 13.8 Å². The lowest BCUT2D eigenvalue weighted by molar-refractivity contribution is -0.521. The number of imide groups is 1. The molecule has 3 amide bonds. The predicted molar refractivity (Wildman–Crippen MR) is 138 cm³/mol. The zero-order chi connectivity index (χ0) is 33.0. The quantitative estimate of drug-likeness (QED) is 0.105. The highest BCUT2D eigenvalue weighted by Gasteiger charge is 2.76. The van der Waals surface area contributed by atoms with Crippen LogP contribution in [0.2, 0.25) is 0 Å². The van der Waals surface area contributed by atoms with Crippen LogP contribution in [-0.2, 0) is 33.2 Å². The van der Waals surface area contributed by atoms with Gasteiger partial charge in [-0.05, 0) is 23.8 Å². The Hall–Kier alpha value is -4.13. The second-order valence-electron chi connectivity index (χ2n) is 10.4. The van der Waals surface area contributed by atoms with Gasteiger partial charge < -0.3 is 21.3 Å². The van der Waals surface area contributed by atoms with Crippen molar-refractivity contribution in [2.24, 2.45) is 16.5 Å². The number of guanidine groups is 2. The Bertz CT molecular complexity index is 1370. The molecule has 0 radical (unpaired) electrons. The van der Waals surface area contributed by atoms with Crippen molar-refractivity contribution in [2.45, 2.75) is 75.0 Å². The van der Waals surface area contributed by atoms with E-state index in [2.05, 4.69) is 20.6 Å². The summed E-state index contributed by atoms with van der Waals surface area (Å²) in [4.78, 5) is 46.5. The first-order chi connectivity index (χ1) is 20.3. The Morgan fingerprint density at radius 2 is 1.61 bits per heavy atom. The molecule has 0 aromatic heterocycles. The molecular formula is C25H31F6N8O5+. The number of halogens is 6. The van der Waals surface area contributed by atoms with E-state index in [9.17, 15) is 50.9 Å². The highest BCUT2D eigenvalue weighted by atomic mass is 19.4. The molecule has 13 nitrogen and oxygen atoms in total. The molecular weight excluding hydrogens is 606 g/mol. The van der Waals surface area contributed by atoms with Crippen molar-refractivity contribution in [2.75, 3.05) is 13.1 Å². The lowest BCUT2D eigenvalue weighted by Gasteiger charge is -2.46. The molecule has 2 saturated heterocycles. The van der Waals surface area contributed by atoms with Crippen LogP contribution in [0.5, 0.6) is 0 Å². The zero-order valence-corrected chi connectivity index (χ0v) is 23.4. The van der Waals surface area contributed by atoms with Crippen molar-refractivity contribution >= 4 is 29.6 Å². The molecule has 1 aromatic rings. The average molecular weight is 638 g/mol. The third-order valence-corrected chi connectivity index (χ3v) is 7.76. The van der Waals surface area contributed by atoms with Gasteiger partial charge in [-0.1, -0.05) is 13.8 Å². The highest BCUT2D eigenvalue weighted by Crippen LogP contribution is 2.42. The van der Waals surface area contributed by atoms with Crippen LogP contribution in [0.25, 0.3) is 0 Å². The van der Waals surface area contributed by atoms with E-state index in [0.717, 1.165) is 4.90 Å². The van der Waals surface area contributed by atoms with Gasteiger partial charge in [0.2, 0.25) is 23.5 Å². The lowest BCUT2D eigenvalue weighted by Crippen LogP contribution is -2.90. The summed E-state index contributed by atoms with van der Waals surface area (Å²) in [6, 6.07) is -3.10. The molecule has 9 N–H and O–H groups in total. The molecule has 4 aliphatic heterocycles. The van der Waals surface area contributed by atoms with Crippen LogP contribution in [0.1, 0.15) is 43.4 Å². The summed E-state index contributed by atoms with van der Waals surface area (Å²) in [6.07, 6.45) is -11.3. The number of aliphatic imine (C=N–C) groups is 1. The molecule has 1 spiro atoms. The Morgan fingerprint density at radius 1 is 1.07 bits per heavy atom. The topological polar surface area (TPSA) is 201 Å². The van der Waals surface area contributed by atoms with Crippen LogP contribution in [0.4, 0.5) is 26.3 Å². The van der Waals surface area contributed by atoms with Gasteiger partial charge in [0.25, 0.3) is 5.66 Å². The number of alkyl halides is 6. The van der Waals surface area contributed by atoms with Crippen LogP contribution < -0.4 is 27.1 Å². The van der Waals surface area contributed by atoms with Gasteiger partial charge in [-0.2, -0.15) is 26.3 Å². The number of carbonyl (C=O) groups excluding carboxylic acids is 3. The summed E-state index contributed by atoms with van der Waals surface area (Å²) in [5.41, 5.74) is 6.17. The van der Waals surface area contributed by atoms with Gasteiger partial charge in [0.05, 0.1) is 30.6 Å². The average Bonchev–Trinajstić information content (AvgIpc) is 3.51. The fourth-order valence-electron chi connectivity index (χ4n) is 5.89. The standard InChI is InChI=1S/C23H24F6N8O5.C2H6/c24-22(25,26)10-3-9(4-11(6-10)23(27,28)29)5-14(38)33-13-8-37-19(31)32-12(7-36-15(39)1-2-16(36)40)17-20(37,21(13,41)42)35-18(30)34-17;1-2/h3-4,6,12-13,17,41-42H,1-2,5,7-8H2,(H2,31,32)(H,33,38)(H3,30,34,35);1-2H3/p+1/t12-,13-,17?,20-;/m0./s1. The Balaban J connectivity index is 0.00000216. The number of nitrogens with zero attached hydrogens (tertiary/aromatic N) is 3. The number of aliphatic hydroxyl groups is 2. The van der Waals surface area contributed by atoms with Crippen LogP contribution in [-0.4, -0.2) is 92.3 Å². The Morgan fingerprint density at radius 3 is 2.14 bits per heavy atom. The number of benzene rings is 1. The van der Waals surface area contributed by atoms with Gasteiger partial charge in [-0.15, -0.1) is 0 Å². The highest BCUT2D eigenvalue weighted by molar-refractivity contribution is 6.02. The van der Waals surface area contributed by atoms with Gasteiger partial charge >= 0.3 is 18.3 Å². The molecule has 1 unspecified atom stereocenters. The SMILES string of the molecule is CC.NC1=N[C@@H](CN2C(=O)CCC2=O)C2[NH+]=C(N)N[C@]23N1C[C@H](NC(=O)Cc1cc(C(F)(F)F)cc(C(F)(F)F)c1)C3(O)O.